The van der Waals surface area contributed by atoms with Crippen LogP contribution in [-0.4, -0.2) is 62.6 Å². The van der Waals surface area contributed by atoms with Crippen molar-refractivity contribution in [1.29, 1.82) is 0 Å². The van der Waals surface area contributed by atoms with Gasteiger partial charge in [0, 0.05) is 18.6 Å². The number of carbonyl (C=O) groups excluding carboxylic acids is 1. The zero-order valence-corrected chi connectivity index (χ0v) is 16.8. The van der Waals surface area contributed by atoms with Crippen molar-refractivity contribution in [2.75, 3.05) is 12.9 Å². The summed E-state index contributed by atoms with van der Waals surface area (Å²) in [6.45, 7) is 3.26. The standard InChI is InChI=1S/C17H21NO10S/c1-17(2)26-14-13(28-29(3,22)23)12(25-16(14)27-17)8-9-24-15(19)10-4-6-11(7-5-10)18(20)21/h4-7,12-14,16H,8-9H2,1-3H3/t12-,13-,14+,16+/m0/s1. The molecule has 0 aliphatic carbocycles. The van der Waals surface area contributed by atoms with Crippen LogP contribution >= 0.6 is 0 Å². The van der Waals surface area contributed by atoms with Crippen molar-refractivity contribution in [2.24, 2.45) is 0 Å². The highest BCUT2D eigenvalue weighted by Gasteiger charge is 2.56. The van der Waals surface area contributed by atoms with E-state index in [1.54, 1.807) is 13.8 Å². The highest BCUT2D eigenvalue weighted by atomic mass is 32.2. The van der Waals surface area contributed by atoms with Crippen molar-refractivity contribution >= 4 is 21.8 Å². The lowest BCUT2D eigenvalue weighted by atomic mass is 10.1. The van der Waals surface area contributed by atoms with Crippen molar-refractivity contribution in [2.45, 2.75) is 50.7 Å². The van der Waals surface area contributed by atoms with Crippen molar-refractivity contribution < 1.29 is 41.3 Å². The largest absolute Gasteiger partial charge is 0.462 e. The molecule has 0 saturated carbocycles. The van der Waals surface area contributed by atoms with Gasteiger partial charge in [0.1, 0.15) is 12.2 Å². The Hall–Kier alpha value is -2.12. The number of carbonyl (C=O) groups is 1. The van der Waals surface area contributed by atoms with E-state index >= 15 is 0 Å². The van der Waals surface area contributed by atoms with E-state index in [0.29, 0.717) is 0 Å². The number of hydrogen-bond acceptors (Lipinski definition) is 10. The zero-order valence-electron chi connectivity index (χ0n) is 16.0. The first-order chi connectivity index (χ1) is 13.5. The maximum absolute atomic E-state index is 12.1. The minimum atomic E-state index is -3.79. The first kappa shape index (κ1) is 21.6. The number of benzene rings is 1. The molecule has 2 aliphatic heterocycles. The predicted octanol–water partition coefficient (Wildman–Crippen LogP) is 1.36. The fourth-order valence-corrected chi connectivity index (χ4v) is 3.80. The molecule has 4 atom stereocenters. The summed E-state index contributed by atoms with van der Waals surface area (Å²) in [5.41, 5.74) is 0.00768. The number of rotatable bonds is 7. The van der Waals surface area contributed by atoms with Gasteiger partial charge in [-0.15, -0.1) is 0 Å². The molecule has 29 heavy (non-hydrogen) atoms. The molecule has 11 nitrogen and oxygen atoms in total. The molecule has 0 spiro atoms. The van der Waals surface area contributed by atoms with Crippen LogP contribution in [0.5, 0.6) is 0 Å². The molecule has 0 amide bonds. The molecule has 0 bridgehead atoms. The van der Waals surface area contributed by atoms with Gasteiger partial charge in [-0.05, 0) is 26.0 Å². The lowest BCUT2D eigenvalue weighted by molar-refractivity contribution is -0.384. The second-order valence-electron chi connectivity index (χ2n) is 7.14. The van der Waals surface area contributed by atoms with Gasteiger partial charge >= 0.3 is 5.97 Å². The lowest BCUT2D eigenvalue weighted by Crippen LogP contribution is -2.38. The smallest absolute Gasteiger partial charge is 0.338 e. The predicted molar refractivity (Wildman–Crippen MR) is 96.4 cm³/mol. The molecule has 1 aromatic rings. The minimum Gasteiger partial charge on any atom is -0.462 e. The highest BCUT2D eigenvalue weighted by molar-refractivity contribution is 7.86. The van der Waals surface area contributed by atoms with Crippen LogP contribution in [0.15, 0.2) is 24.3 Å². The van der Waals surface area contributed by atoms with Crippen LogP contribution in [0.4, 0.5) is 5.69 Å². The van der Waals surface area contributed by atoms with Gasteiger partial charge < -0.3 is 18.9 Å². The third kappa shape index (κ3) is 5.28. The van der Waals surface area contributed by atoms with Crippen LogP contribution in [0.1, 0.15) is 30.6 Å². The molecule has 2 heterocycles. The van der Waals surface area contributed by atoms with Crippen LogP contribution in [-0.2, 0) is 33.2 Å². The average Bonchev–Trinajstić information content (AvgIpc) is 3.06. The fraction of sp³-hybridized carbons (Fsp3) is 0.588. The fourth-order valence-electron chi connectivity index (χ4n) is 3.17. The number of ether oxygens (including phenoxy) is 4. The Morgan fingerprint density at radius 2 is 1.90 bits per heavy atom. The van der Waals surface area contributed by atoms with Crippen LogP contribution in [0.25, 0.3) is 0 Å². The Labute approximate surface area is 167 Å². The Bertz CT molecular complexity index is 882. The van der Waals surface area contributed by atoms with Crippen molar-refractivity contribution in [3.63, 3.8) is 0 Å². The summed E-state index contributed by atoms with van der Waals surface area (Å²) in [4.78, 5) is 22.2. The molecule has 2 saturated heterocycles. The second-order valence-corrected chi connectivity index (χ2v) is 8.74. The van der Waals surface area contributed by atoms with E-state index in [1.807, 2.05) is 0 Å². The van der Waals surface area contributed by atoms with E-state index in [0.717, 1.165) is 6.26 Å². The first-order valence-corrected chi connectivity index (χ1v) is 10.6. The van der Waals surface area contributed by atoms with Gasteiger partial charge in [0.15, 0.2) is 12.1 Å². The molecule has 2 fully saturated rings. The van der Waals surface area contributed by atoms with Gasteiger partial charge in [-0.2, -0.15) is 8.42 Å². The van der Waals surface area contributed by atoms with E-state index in [2.05, 4.69) is 0 Å². The lowest BCUT2D eigenvalue weighted by Gasteiger charge is -2.25. The number of fused-ring (bicyclic) bond motifs is 1. The number of nitrogens with zero attached hydrogens (tertiary/aromatic N) is 1. The number of esters is 1. The topological polar surface area (TPSA) is 140 Å². The van der Waals surface area contributed by atoms with Crippen molar-refractivity contribution in [3.05, 3.63) is 39.9 Å². The highest BCUT2D eigenvalue weighted by Crippen LogP contribution is 2.40. The Morgan fingerprint density at radius 1 is 1.24 bits per heavy atom. The Kier molecular flexibility index (Phi) is 5.92. The summed E-state index contributed by atoms with van der Waals surface area (Å²) in [6, 6.07) is 4.97. The summed E-state index contributed by atoms with van der Waals surface area (Å²) >= 11 is 0. The monoisotopic (exact) mass is 431 g/mol. The first-order valence-electron chi connectivity index (χ1n) is 8.76. The molecular formula is C17H21NO10S. The normalized spacial score (nSPS) is 28.1. The molecule has 0 N–H and O–H groups in total. The van der Waals surface area contributed by atoms with E-state index < -0.39 is 51.4 Å². The Balaban J connectivity index is 1.59. The molecule has 2 aliphatic rings. The quantitative estimate of drug-likeness (QED) is 0.269. The van der Waals surface area contributed by atoms with Crippen molar-refractivity contribution in [1.82, 2.24) is 0 Å². The molecule has 3 rings (SSSR count). The molecule has 0 unspecified atom stereocenters. The molecule has 0 radical (unpaired) electrons. The maximum Gasteiger partial charge on any atom is 0.338 e. The van der Waals surface area contributed by atoms with E-state index in [1.165, 1.54) is 24.3 Å². The van der Waals surface area contributed by atoms with Crippen molar-refractivity contribution in [3.8, 4) is 0 Å². The summed E-state index contributed by atoms with van der Waals surface area (Å²) in [5, 5.41) is 10.7. The molecule has 1 aromatic carbocycles. The summed E-state index contributed by atoms with van der Waals surface area (Å²) in [7, 11) is -3.79. The van der Waals surface area contributed by atoms with Crippen LogP contribution in [0, 0.1) is 10.1 Å². The Morgan fingerprint density at radius 3 is 2.48 bits per heavy atom. The SMILES string of the molecule is CC1(C)O[C@H]2O[C@@H](CCOC(=O)c3ccc([N+](=O)[O-])cc3)[C@H](OS(C)(=O)=O)[C@H]2O1. The van der Waals surface area contributed by atoms with Gasteiger partial charge in [0.05, 0.1) is 29.5 Å². The van der Waals surface area contributed by atoms with Gasteiger partial charge in [0.2, 0.25) is 0 Å². The number of nitro groups is 1. The second kappa shape index (κ2) is 7.95. The summed E-state index contributed by atoms with van der Waals surface area (Å²) < 4.78 is 50.5. The molecule has 12 heteroatoms. The van der Waals surface area contributed by atoms with Gasteiger partial charge in [0.25, 0.3) is 15.8 Å². The molecule has 0 aromatic heterocycles. The minimum absolute atomic E-state index is 0.0903. The molecular weight excluding hydrogens is 410 g/mol. The van der Waals surface area contributed by atoms with Gasteiger partial charge in [-0.1, -0.05) is 0 Å². The third-order valence-electron chi connectivity index (χ3n) is 4.32. The number of hydrogen-bond donors (Lipinski definition) is 0. The van der Waals surface area contributed by atoms with Crippen LogP contribution < -0.4 is 0 Å². The molecule has 160 valence electrons. The van der Waals surface area contributed by atoms with E-state index in [9.17, 15) is 23.3 Å². The average molecular weight is 431 g/mol. The third-order valence-corrected chi connectivity index (χ3v) is 4.89. The van der Waals surface area contributed by atoms with E-state index in [4.69, 9.17) is 23.1 Å². The van der Waals surface area contributed by atoms with Gasteiger partial charge in [-0.25, -0.2) is 4.79 Å². The zero-order chi connectivity index (χ0) is 21.4. The summed E-state index contributed by atoms with van der Waals surface area (Å²) in [6.07, 6.45) is -2.16. The maximum atomic E-state index is 12.1. The number of non-ortho nitro benzene ring substituents is 1. The van der Waals surface area contributed by atoms with E-state index in [-0.39, 0.29) is 24.3 Å². The summed E-state index contributed by atoms with van der Waals surface area (Å²) in [5.74, 6) is -1.62. The number of nitro benzene ring substituents is 1. The van der Waals surface area contributed by atoms with Crippen LogP contribution in [0.2, 0.25) is 0 Å². The van der Waals surface area contributed by atoms with Gasteiger partial charge in [-0.3, -0.25) is 14.3 Å². The van der Waals surface area contributed by atoms with Crippen LogP contribution in [0.3, 0.4) is 0 Å².